The first-order valence-corrected chi connectivity index (χ1v) is 3.95. The first kappa shape index (κ1) is 11.8. The molecule has 1 atom stereocenters. The van der Waals surface area contributed by atoms with Crippen molar-refractivity contribution in [1.29, 1.82) is 0 Å². The van der Waals surface area contributed by atoms with E-state index in [0.29, 0.717) is 0 Å². The Balaban J connectivity index is 3.93. The first-order chi connectivity index (χ1) is 6.06. The van der Waals surface area contributed by atoms with Crippen LogP contribution in [-0.4, -0.2) is 24.6 Å². The lowest BCUT2D eigenvalue weighted by Gasteiger charge is -2.14. The highest BCUT2D eigenvalue weighted by Crippen LogP contribution is 2.02. The molecule has 4 heteroatoms. The molecule has 0 rings (SSSR count). The van der Waals surface area contributed by atoms with Crippen LogP contribution >= 0.6 is 0 Å². The van der Waals surface area contributed by atoms with Crippen LogP contribution in [0, 0.1) is 0 Å². The summed E-state index contributed by atoms with van der Waals surface area (Å²) in [5, 5.41) is 0. The summed E-state index contributed by atoms with van der Waals surface area (Å²) in [6, 6.07) is 0. The van der Waals surface area contributed by atoms with E-state index in [2.05, 4.69) is 6.58 Å². The molecule has 0 radical (unpaired) electrons. The molecule has 0 spiro atoms. The maximum atomic E-state index is 10.7. The molecule has 4 nitrogen and oxygen atoms in total. The molecule has 0 aromatic heterocycles. The summed E-state index contributed by atoms with van der Waals surface area (Å²) in [5.41, 5.74) is 0. The van der Waals surface area contributed by atoms with E-state index in [1.807, 2.05) is 0 Å². The Labute approximate surface area is 77.5 Å². The molecule has 0 aromatic carbocycles. The van der Waals surface area contributed by atoms with Crippen molar-refractivity contribution in [3.63, 3.8) is 0 Å². The summed E-state index contributed by atoms with van der Waals surface area (Å²) in [7, 11) is 0. The zero-order valence-electron chi connectivity index (χ0n) is 7.91. The standard InChI is InChI=1S/C9H14O4/c1-4-5-12-9(6-7(2)10)13-8(3)11/h4,9H,1,5-6H2,2-3H3. The Bertz CT molecular complexity index is 182. The molecule has 13 heavy (non-hydrogen) atoms. The summed E-state index contributed by atoms with van der Waals surface area (Å²) in [4.78, 5) is 21.3. The maximum absolute atomic E-state index is 10.7. The van der Waals surface area contributed by atoms with Gasteiger partial charge < -0.3 is 9.47 Å². The van der Waals surface area contributed by atoms with E-state index in [0.717, 1.165) is 0 Å². The minimum absolute atomic E-state index is 0.0768. The van der Waals surface area contributed by atoms with Crippen LogP contribution in [0.15, 0.2) is 12.7 Å². The number of hydrogen-bond donors (Lipinski definition) is 0. The first-order valence-electron chi connectivity index (χ1n) is 3.95. The molecule has 0 amide bonds. The van der Waals surface area contributed by atoms with Gasteiger partial charge >= 0.3 is 5.97 Å². The molecule has 0 fully saturated rings. The maximum Gasteiger partial charge on any atom is 0.304 e. The monoisotopic (exact) mass is 186 g/mol. The third-order valence-electron chi connectivity index (χ3n) is 1.15. The number of ketones is 1. The van der Waals surface area contributed by atoms with Crippen molar-refractivity contribution in [2.24, 2.45) is 0 Å². The number of carbonyl (C=O) groups is 2. The summed E-state index contributed by atoms with van der Waals surface area (Å²) >= 11 is 0. The van der Waals surface area contributed by atoms with E-state index in [4.69, 9.17) is 9.47 Å². The Morgan fingerprint density at radius 1 is 1.46 bits per heavy atom. The third-order valence-corrected chi connectivity index (χ3v) is 1.15. The minimum atomic E-state index is -0.784. The predicted octanol–water partition coefficient (Wildman–Crippen LogP) is 1.06. The average Bonchev–Trinajstić information content (AvgIpc) is 1.98. The van der Waals surface area contributed by atoms with Crippen LogP contribution in [-0.2, 0) is 19.1 Å². The molecule has 0 N–H and O–H groups in total. The fourth-order valence-electron chi connectivity index (χ4n) is 0.730. The Kier molecular flexibility index (Phi) is 5.80. The quantitative estimate of drug-likeness (QED) is 0.353. The van der Waals surface area contributed by atoms with E-state index >= 15 is 0 Å². The number of ether oxygens (including phenoxy) is 2. The molecule has 0 heterocycles. The zero-order valence-corrected chi connectivity index (χ0v) is 7.91. The van der Waals surface area contributed by atoms with Crippen molar-refractivity contribution in [2.75, 3.05) is 6.61 Å². The molecule has 0 aliphatic carbocycles. The van der Waals surface area contributed by atoms with Crippen molar-refractivity contribution in [3.8, 4) is 0 Å². The molecule has 0 aromatic rings. The van der Waals surface area contributed by atoms with Gasteiger partial charge in [0.2, 0.25) is 6.29 Å². The third kappa shape index (κ3) is 7.21. The van der Waals surface area contributed by atoms with Crippen LogP contribution in [0.3, 0.4) is 0 Å². The van der Waals surface area contributed by atoms with Gasteiger partial charge in [-0.15, -0.1) is 6.58 Å². The van der Waals surface area contributed by atoms with Crippen LogP contribution in [0.4, 0.5) is 0 Å². The van der Waals surface area contributed by atoms with E-state index in [1.165, 1.54) is 19.9 Å². The lowest BCUT2D eigenvalue weighted by Crippen LogP contribution is -2.22. The van der Waals surface area contributed by atoms with Crippen LogP contribution in [0.25, 0.3) is 0 Å². The molecule has 1 unspecified atom stereocenters. The highest BCUT2D eigenvalue weighted by atomic mass is 16.7. The van der Waals surface area contributed by atoms with Crippen molar-refractivity contribution in [1.82, 2.24) is 0 Å². The van der Waals surface area contributed by atoms with Gasteiger partial charge in [-0.1, -0.05) is 6.08 Å². The molecule has 0 saturated carbocycles. The van der Waals surface area contributed by atoms with Gasteiger partial charge in [-0.2, -0.15) is 0 Å². The fraction of sp³-hybridized carbons (Fsp3) is 0.556. The van der Waals surface area contributed by atoms with Crippen LogP contribution in [0.5, 0.6) is 0 Å². The van der Waals surface area contributed by atoms with Gasteiger partial charge in [0.05, 0.1) is 13.0 Å². The molecular weight excluding hydrogens is 172 g/mol. The average molecular weight is 186 g/mol. The van der Waals surface area contributed by atoms with Crippen molar-refractivity contribution < 1.29 is 19.1 Å². The number of hydrogen-bond acceptors (Lipinski definition) is 4. The van der Waals surface area contributed by atoms with E-state index in [-0.39, 0.29) is 18.8 Å². The molecular formula is C9H14O4. The smallest absolute Gasteiger partial charge is 0.304 e. The highest BCUT2D eigenvalue weighted by molar-refractivity contribution is 5.76. The lowest BCUT2D eigenvalue weighted by molar-refractivity contribution is -0.175. The van der Waals surface area contributed by atoms with Crippen LogP contribution in [0.2, 0.25) is 0 Å². The topological polar surface area (TPSA) is 52.6 Å². The summed E-state index contributed by atoms with van der Waals surface area (Å²) in [6.45, 7) is 6.37. The molecule has 0 bridgehead atoms. The Morgan fingerprint density at radius 2 is 2.08 bits per heavy atom. The van der Waals surface area contributed by atoms with Gasteiger partial charge in [0, 0.05) is 6.92 Å². The molecule has 0 aliphatic rings. The number of carbonyl (C=O) groups excluding carboxylic acids is 2. The van der Waals surface area contributed by atoms with Crippen molar-refractivity contribution >= 4 is 11.8 Å². The second-order valence-corrected chi connectivity index (χ2v) is 2.57. The minimum Gasteiger partial charge on any atom is -0.435 e. The molecule has 0 aliphatic heterocycles. The molecule has 0 saturated heterocycles. The van der Waals surface area contributed by atoms with Gasteiger partial charge in [0.1, 0.15) is 5.78 Å². The second kappa shape index (κ2) is 6.37. The Hall–Kier alpha value is -1.16. The second-order valence-electron chi connectivity index (χ2n) is 2.57. The largest absolute Gasteiger partial charge is 0.435 e. The van der Waals surface area contributed by atoms with Crippen molar-refractivity contribution in [3.05, 3.63) is 12.7 Å². The van der Waals surface area contributed by atoms with Gasteiger partial charge in [0.15, 0.2) is 0 Å². The van der Waals surface area contributed by atoms with E-state index in [1.54, 1.807) is 0 Å². The number of Topliss-reactive ketones (excluding diaryl/α,β-unsaturated/α-hetero) is 1. The summed E-state index contributed by atoms with van der Waals surface area (Å²) in [5.74, 6) is -0.550. The summed E-state index contributed by atoms with van der Waals surface area (Å²) < 4.78 is 9.76. The van der Waals surface area contributed by atoms with E-state index in [9.17, 15) is 9.59 Å². The van der Waals surface area contributed by atoms with Gasteiger partial charge in [0.25, 0.3) is 0 Å². The predicted molar refractivity (Wildman–Crippen MR) is 47.0 cm³/mol. The normalized spacial score (nSPS) is 11.8. The van der Waals surface area contributed by atoms with Gasteiger partial charge in [-0.25, -0.2) is 0 Å². The van der Waals surface area contributed by atoms with Crippen LogP contribution in [0.1, 0.15) is 20.3 Å². The van der Waals surface area contributed by atoms with Gasteiger partial charge in [-0.3, -0.25) is 9.59 Å². The van der Waals surface area contributed by atoms with Gasteiger partial charge in [-0.05, 0) is 6.92 Å². The Morgan fingerprint density at radius 3 is 2.46 bits per heavy atom. The van der Waals surface area contributed by atoms with Crippen LogP contribution < -0.4 is 0 Å². The summed E-state index contributed by atoms with van der Waals surface area (Å²) in [6.07, 6.45) is 0.817. The number of esters is 1. The molecule has 74 valence electrons. The highest BCUT2D eigenvalue weighted by Gasteiger charge is 2.13. The number of rotatable bonds is 6. The zero-order chi connectivity index (χ0) is 10.3. The lowest BCUT2D eigenvalue weighted by atomic mass is 10.3. The fourth-order valence-corrected chi connectivity index (χ4v) is 0.730. The van der Waals surface area contributed by atoms with E-state index < -0.39 is 12.3 Å². The SMILES string of the molecule is C=CCOC(CC(C)=O)OC(C)=O. The van der Waals surface area contributed by atoms with Crippen molar-refractivity contribution in [2.45, 2.75) is 26.6 Å².